The number of ether oxygens (including phenoxy) is 1. The molecule has 4 heteroatoms. The van der Waals surface area contributed by atoms with Gasteiger partial charge in [0, 0.05) is 32.1 Å². The summed E-state index contributed by atoms with van der Waals surface area (Å²) in [5.74, 6) is 0.145. The fourth-order valence-electron chi connectivity index (χ4n) is 1.48. The molecule has 0 bridgehead atoms. The van der Waals surface area contributed by atoms with Gasteiger partial charge < -0.3 is 10.1 Å². The van der Waals surface area contributed by atoms with E-state index >= 15 is 0 Å². The molecule has 0 saturated carbocycles. The van der Waals surface area contributed by atoms with Crippen LogP contribution in [0.25, 0.3) is 0 Å². The van der Waals surface area contributed by atoms with Gasteiger partial charge >= 0.3 is 0 Å². The first-order valence-electron chi connectivity index (χ1n) is 5.28. The Morgan fingerprint density at radius 3 is 2.64 bits per heavy atom. The SMILES string of the molecule is CC(C)NC(=O)CCN1CCOCC1. The number of nitrogens with zero attached hydrogens (tertiary/aromatic N) is 1. The van der Waals surface area contributed by atoms with Gasteiger partial charge in [-0.25, -0.2) is 0 Å². The number of carbonyl (C=O) groups excluding carboxylic acids is 1. The summed E-state index contributed by atoms with van der Waals surface area (Å²) >= 11 is 0. The summed E-state index contributed by atoms with van der Waals surface area (Å²) < 4.78 is 5.23. The van der Waals surface area contributed by atoms with Crippen LogP contribution in [-0.2, 0) is 9.53 Å². The average Bonchev–Trinajstić information content (AvgIpc) is 2.15. The molecule has 1 amide bonds. The maximum Gasteiger partial charge on any atom is 0.221 e. The molecule has 82 valence electrons. The van der Waals surface area contributed by atoms with Crippen LogP contribution < -0.4 is 5.32 Å². The van der Waals surface area contributed by atoms with Crippen LogP contribution in [0.5, 0.6) is 0 Å². The van der Waals surface area contributed by atoms with Gasteiger partial charge in [0.1, 0.15) is 0 Å². The van der Waals surface area contributed by atoms with E-state index in [0.717, 1.165) is 32.8 Å². The molecular formula is C10H20N2O2. The zero-order valence-corrected chi connectivity index (χ0v) is 9.08. The van der Waals surface area contributed by atoms with Gasteiger partial charge in [-0.3, -0.25) is 9.69 Å². The van der Waals surface area contributed by atoms with Crippen molar-refractivity contribution >= 4 is 5.91 Å². The Hall–Kier alpha value is -0.610. The molecule has 0 radical (unpaired) electrons. The van der Waals surface area contributed by atoms with Gasteiger partial charge in [0.15, 0.2) is 0 Å². The van der Waals surface area contributed by atoms with Crippen molar-refractivity contribution in [3.63, 3.8) is 0 Å². The molecule has 0 unspecified atom stereocenters. The van der Waals surface area contributed by atoms with Gasteiger partial charge in [0.25, 0.3) is 0 Å². The number of amides is 1. The number of rotatable bonds is 4. The van der Waals surface area contributed by atoms with Crippen LogP contribution in [-0.4, -0.2) is 49.7 Å². The molecule has 14 heavy (non-hydrogen) atoms. The van der Waals surface area contributed by atoms with Crippen LogP contribution in [0.15, 0.2) is 0 Å². The minimum atomic E-state index is 0.145. The second kappa shape index (κ2) is 5.98. The van der Waals surface area contributed by atoms with Crippen molar-refractivity contribution in [3.8, 4) is 0 Å². The summed E-state index contributed by atoms with van der Waals surface area (Å²) in [5.41, 5.74) is 0. The third kappa shape index (κ3) is 4.58. The van der Waals surface area contributed by atoms with Crippen molar-refractivity contribution in [3.05, 3.63) is 0 Å². The Labute approximate surface area is 85.6 Å². The average molecular weight is 200 g/mol. The van der Waals surface area contributed by atoms with E-state index in [-0.39, 0.29) is 11.9 Å². The Morgan fingerprint density at radius 2 is 2.07 bits per heavy atom. The van der Waals surface area contributed by atoms with E-state index in [1.54, 1.807) is 0 Å². The van der Waals surface area contributed by atoms with Crippen molar-refractivity contribution in [2.75, 3.05) is 32.8 Å². The van der Waals surface area contributed by atoms with Crippen molar-refractivity contribution < 1.29 is 9.53 Å². The molecule has 0 atom stereocenters. The van der Waals surface area contributed by atoms with E-state index in [0.29, 0.717) is 6.42 Å². The van der Waals surface area contributed by atoms with Gasteiger partial charge in [0.2, 0.25) is 5.91 Å². The smallest absolute Gasteiger partial charge is 0.221 e. The molecule has 0 aliphatic carbocycles. The molecule has 0 aromatic heterocycles. The number of carbonyl (C=O) groups is 1. The zero-order valence-electron chi connectivity index (χ0n) is 9.08. The Kier molecular flexibility index (Phi) is 4.90. The summed E-state index contributed by atoms with van der Waals surface area (Å²) in [7, 11) is 0. The molecule has 4 nitrogen and oxygen atoms in total. The molecular weight excluding hydrogens is 180 g/mol. The third-order valence-corrected chi connectivity index (χ3v) is 2.21. The lowest BCUT2D eigenvalue weighted by Gasteiger charge is -2.26. The van der Waals surface area contributed by atoms with E-state index in [1.807, 2.05) is 13.8 Å². The molecule has 0 spiro atoms. The fourth-order valence-corrected chi connectivity index (χ4v) is 1.48. The predicted molar refractivity (Wildman–Crippen MR) is 55.2 cm³/mol. The number of morpholine rings is 1. The van der Waals surface area contributed by atoms with E-state index in [1.165, 1.54) is 0 Å². The lowest BCUT2D eigenvalue weighted by molar-refractivity contribution is -0.122. The van der Waals surface area contributed by atoms with Crippen LogP contribution in [0.2, 0.25) is 0 Å². The first-order chi connectivity index (χ1) is 6.68. The second-order valence-electron chi connectivity index (χ2n) is 3.93. The molecule has 1 saturated heterocycles. The summed E-state index contributed by atoms with van der Waals surface area (Å²) in [5, 5.41) is 2.89. The van der Waals surface area contributed by atoms with Crippen LogP contribution in [0.1, 0.15) is 20.3 Å². The second-order valence-corrected chi connectivity index (χ2v) is 3.93. The Balaban J connectivity index is 2.09. The van der Waals surface area contributed by atoms with Crippen molar-refractivity contribution in [1.82, 2.24) is 10.2 Å². The van der Waals surface area contributed by atoms with Gasteiger partial charge in [-0.1, -0.05) is 0 Å². The molecule has 1 aliphatic rings. The molecule has 1 fully saturated rings. The largest absolute Gasteiger partial charge is 0.379 e. The van der Waals surface area contributed by atoms with E-state index in [4.69, 9.17) is 4.74 Å². The van der Waals surface area contributed by atoms with Crippen LogP contribution >= 0.6 is 0 Å². The van der Waals surface area contributed by atoms with Gasteiger partial charge in [0.05, 0.1) is 13.2 Å². The van der Waals surface area contributed by atoms with Crippen LogP contribution in [0, 0.1) is 0 Å². The summed E-state index contributed by atoms with van der Waals surface area (Å²) in [6, 6.07) is 0.243. The summed E-state index contributed by atoms with van der Waals surface area (Å²) in [6.07, 6.45) is 0.595. The first kappa shape index (κ1) is 11.5. The summed E-state index contributed by atoms with van der Waals surface area (Å²) in [4.78, 5) is 13.6. The van der Waals surface area contributed by atoms with Crippen molar-refractivity contribution in [1.29, 1.82) is 0 Å². The zero-order chi connectivity index (χ0) is 10.4. The maximum absolute atomic E-state index is 11.3. The van der Waals surface area contributed by atoms with Crippen LogP contribution in [0.4, 0.5) is 0 Å². The molecule has 1 heterocycles. The van der Waals surface area contributed by atoms with E-state index in [2.05, 4.69) is 10.2 Å². The fraction of sp³-hybridized carbons (Fsp3) is 0.900. The highest BCUT2D eigenvalue weighted by atomic mass is 16.5. The minimum Gasteiger partial charge on any atom is -0.379 e. The molecule has 1 aliphatic heterocycles. The quantitative estimate of drug-likeness (QED) is 0.706. The first-order valence-corrected chi connectivity index (χ1v) is 5.28. The highest BCUT2D eigenvalue weighted by Gasteiger charge is 2.11. The lowest BCUT2D eigenvalue weighted by atomic mass is 10.3. The number of hydrogen-bond acceptors (Lipinski definition) is 3. The maximum atomic E-state index is 11.3. The molecule has 0 aromatic rings. The lowest BCUT2D eigenvalue weighted by Crippen LogP contribution is -2.39. The Morgan fingerprint density at radius 1 is 1.43 bits per heavy atom. The van der Waals surface area contributed by atoms with Gasteiger partial charge in [-0.2, -0.15) is 0 Å². The monoisotopic (exact) mass is 200 g/mol. The predicted octanol–water partition coefficient (Wildman–Crippen LogP) is 0.233. The molecule has 1 N–H and O–H groups in total. The standard InChI is InChI=1S/C10H20N2O2/c1-9(2)11-10(13)3-4-12-5-7-14-8-6-12/h9H,3-8H2,1-2H3,(H,11,13). The van der Waals surface area contributed by atoms with Gasteiger partial charge in [-0.15, -0.1) is 0 Å². The number of hydrogen-bond donors (Lipinski definition) is 1. The minimum absolute atomic E-state index is 0.145. The molecule has 0 aromatic carbocycles. The number of nitrogens with one attached hydrogen (secondary N) is 1. The van der Waals surface area contributed by atoms with Crippen molar-refractivity contribution in [2.45, 2.75) is 26.3 Å². The summed E-state index contributed by atoms with van der Waals surface area (Å²) in [6.45, 7) is 8.31. The van der Waals surface area contributed by atoms with Crippen LogP contribution in [0.3, 0.4) is 0 Å². The topological polar surface area (TPSA) is 41.6 Å². The van der Waals surface area contributed by atoms with E-state index < -0.39 is 0 Å². The normalized spacial score (nSPS) is 18.5. The van der Waals surface area contributed by atoms with Gasteiger partial charge in [-0.05, 0) is 13.8 Å². The highest BCUT2D eigenvalue weighted by Crippen LogP contribution is 1.97. The van der Waals surface area contributed by atoms with E-state index in [9.17, 15) is 4.79 Å². The molecule has 1 rings (SSSR count). The third-order valence-electron chi connectivity index (χ3n) is 2.21. The van der Waals surface area contributed by atoms with Crippen molar-refractivity contribution in [2.24, 2.45) is 0 Å². The highest BCUT2D eigenvalue weighted by molar-refractivity contribution is 5.76. The Bertz CT molecular complexity index is 177.